The fraction of sp³-hybridized carbons (Fsp3) is 0. The predicted molar refractivity (Wildman–Crippen MR) is 78.6 cm³/mol. The molecule has 2 amide bonds. The number of carbonyl (C=O) groups is 1. The molecule has 0 bridgehead atoms. The van der Waals surface area contributed by atoms with Gasteiger partial charge in [0.25, 0.3) is 0 Å². The summed E-state index contributed by atoms with van der Waals surface area (Å²) in [5.74, 6) is -0.448. The Morgan fingerprint density at radius 1 is 1.10 bits per heavy atom. The van der Waals surface area contributed by atoms with Crippen molar-refractivity contribution in [2.24, 2.45) is 0 Å². The summed E-state index contributed by atoms with van der Waals surface area (Å²) < 4.78 is 13.0. The zero-order valence-corrected chi connectivity index (χ0v) is 11.9. The normalized spacial score (nSPS) is 14.0. The van der Waals surface area contributed by atoms with Gasteiger partial charge in [-0.25, -0.2) is 9.18 Å². The second kappa shape index (κ2) is 5.07. The molecule has 2 N–H and O–H groups in total. The predicted octanol–water partition coefficient (Wildman–Crippen LogP) is 4.30. The Kier molecular flexibility index (Phi) is 3.36. The molecule has 0 saturated carbocycles. The van der Waals surface area contributed by atoms with Crippen molar-refractivity contribution in [1.29, 1.82) is 0 Å². The lowest BCUT2D eigenvalue weighted by Gasteiger charge is -2.36. The summed E-state index contributed by atoms with van der Waals surface area (Å²) in [6, 6.07) is 7.32. The number of halogens is 3. The number of nitrogens with one attached hydrogen (secondary N) is 1. The highest BCUT2D eigenvalue weighted by molar-refractivity contribution is 6.42. The van der Waals surface area contributed by atoms with Crippen LogP contribution in [0, 0.1) is 5.82 Å². The number of urea groups is 1. The summed E-state index contributed by atoms with van der Waals surface area (Å²) in [5, 5.41) is 14.8. The summed E-state index contributed by atoms with van der Waals surface area (Å²) in [5.41, 5.74) is 0.844. The molecule has 21 heavy (non-hydrogen) atoms. The Bertz CT molecular complexity index is 724. The highest BCUT2D eigenvalue weighted by atomic mass is 35.5. The van der Waals surface area contributed by atoms with Gasteiger partial charge < -0.3 is 5.32 Å². The monoisotopic (exact) mass is 327 g/mol. The van der Waals surface area contributed by atoms with E-state index in [1.807, 2.05) is 0 Å². The minimum absolute atomic E-state index is 0.227. The summed E-state index contributed by atoms with van der Waals surface area (Å²) in [7, 11) is 0. The van der Waals surface area contributed by atoms with Crippen LogP contribution in [0.4, 0.5) is 26.2 Å². The van der Waals surface area contributed by atoms with E-state index in [1.165, 1.54) is 36.4 Å². The lowest BCUT2D eigenvalue weighted by atomic mass is 10.2. The van der Waals surface area contributed by atoms with Gasteiger partial charge in [-0.15, -0.1) is 0 Å². The van der Waals surface area contributed by atoms with Gasteiger partial charge in [-0.1, -0.05) is 23.2 Å². The van der Waals surface area contributed by atoms with Crippen molar-refractivity contribution in [2.75, 3.05) is 15.5 Å². The number of anilines is 3. The third-order valence-corrected chi connectivity index (χ3v) is 3.67. The van der Waals surface area contributed by atoms with Crippen LogP contribution in [0.15, 0.2) is 36.4 Å². The molecule has 0 aliphatic carbocycles. The molecule has 0 radical (unpaired) electrons. The molecule has 5 nitrogen and oxygen atoms in total. The number of rotatable bonds is 1. The molecule has 1 heterocycles. The van der Waals surface area contributed by atoms with Gasteiger partial charge in [0.05, 0.1) is 21.4 Å². The van der Waals surface area contributed by atoms with Crippen molar-refractivity contribution in [3.63, 3.8) is 0 Å². The summed E-state index contributed by atoms with van der Waals surface area (Å²) in [6.45, 7) is 0. The van der Waals surface area contributed by atoms with E-state index >= 15 is 0 Å². The zero-order chi connectivity index (χ0) is 15.1. The Hall–Kier alpha value is -2.02. The van der Waals surface area contributed by atoms with Crippen LogP contribution in [-0.4, -0.2) is 11.2 Å². The largest absolute Gasteiger partial charge is 0.347 e. The third kappa shape index (κ3) is 2.37. The molecular weight excluding hydrogens is 320 g/mol. The Balaban J connectivity index is 2.06. The van der Waals surface area contributed by atoms with Gasteiger partial charge in [-0.2, -0.15) is 10.2 Å². The van der Waals surface area contributed by atoms with E-state index in [-0.39, 0.29) is 21.4 Å². The molecule has 0 fully saturated rings. The molecule has 0 spiro atoms. The molecule has 1 aliphatic heterocycles. The van der Waals surface area contributed by atoms with Crippen molar-refractivity contribution in [3.8, 4) is 0 Å². The molecule has 2 aromatic carbocycles. The number of nitrogens with zero attached hydrogens (tertiary/aromatic N) is 2. The first-order valence-corrected chi connectivity index (χ1v) is 6.57. The smallest absolute Gasteiger partial charge is 0.304 e. The second-order valence-electron chi connectivity index (χ2n) is 4.29. The number of hydrogen-bond acceptors (Lipinski definition) is 3. The third-order valence-electron chi connectivity index (χ3n) is 2.95. The highest BCUT2D eigenvalue weighted by Gasteiger charge is 2.31. The summed E-state index contributed by atoms with van der Waals surface area (Å²) in [6.07, 6.45) is 0. The first-order chi connectivity index (χ1) is 9.97. The molecule has 2 aromatic rings. The molecule has 1 aliphatic rings. The van der Waals surface area contributed by atoms with Gasteiger partial charge in [0, 0.05) is 0 Å². The number of carbonyl (C=O) groups excluding carboxylic acids is 1. The van der Waals surface area contributed by atoms with Gasteiger partial charge in [0.1, 0.15) is 11.5 Å². The zero-order valence-electron chi connectivity index (χ0n) is 10.3. The topological polar surface area (TPSA) is 55.8 Å². The van der Waals surface area contributed by atoms with Crippen LogP contribution in [0.2, 0.25) is 10.0 Å². The SMILES string of the molecule is O=C1Nc2cc(Cl)c(Cl)cc2N(O)N1c1ccc(F)cc1. The molecule has 8 heteroatoms. The van der Waals surface area contributed by atoms with Crippen LogP contribution < -0.4 is 15.5 Å². The van der Waals surface area contributed by atoms with Crippen LogP contribution in [0.25, 0.3) is 0 Å². The first kappa shape index (κ1) is 13.9. The minimum Gasteiger partial charge on any atom is -0.304 e. The average molecular weight is 328 g/mol. The van der Waals surface area contributed by atoms with E-state index in [0.717, 1.165) is 5.01 Å². The number of hydrogen-bond donors (Lipinski definition) is 2. The van der Waals surface area contributed by atoms with Gasteiger partial charge in [-0.05, 0) is 36.4 Å². The van der Waals surface area contributed by atoms with Gasteiger partial charge in [0.15, 0.2) is 0 Å². The van der Waals surface area contributed by atoms with Gasteiger partial charge >= 0.3 is 6.03 Å². The lowest BCUT2D eigenvalue weighted by Crippen LogP contribution is -2.51. The Morgan fingerprint density at radius 3 is 2.38 bits per heavy atom. The quantitative estimate of drug-likeness (QED) is 0.821. The van der Waals surface area contributed by atoms with E-state index in [2.05, 4.69) is 5.32 Å². The van der Waals surface area contributed by atoms with Gasteiger partial charge in [-0.3, -0.25) is 5.21 Å². The molecule has 0 saturated heterocycles. The molecule has 0 aromatic heterocycles. The summed E-state index contributed by atoms with van der Waals surface area (Å²) in [4.78, 5) is 12.1. The van der Waals surface area contributed by atoms with Crippen LogP contribution in [0.3, 0.4) is 0 Å². The average Bonchev–Trinajstić information content (AvgIpc) is 2.43. The maximum atomic E-state index is 13.0. The molecule has 3 rings (SSSR count). The Morgan fingerprint density at radius 2 is 1.71 bits per heavy atom. The highest BCUT2D eigenvalue weighted by Crippen LogP contribution is 2.38. The van der Waals surface area contributed by atoms with E-state index in [0.29, 0.717) is 10.9 Å². The van der Waals surface area contributed by atoms with Crippen LogP contribution >= 0.6 is 23.2 Å². The van der Waals surface area contributed by atoms with Crippen molar-refractivity contribution in [3.05, 3.63) is 52.3 Å². The van der Waals surface area contributed by atoms with E-state index < -0.39 is 11.8 Å². The van der Waals surface area contributed by atoms with Crippen molar-refractivity contribution in [1.82, 2.24) is 0 Å². The summed E-state index contributed by atoms with van der Waals surface area (Å²) >= 11 is 11.8. The van der Waals surface area contributed by atoms with Crippen molar-refractivity contribution >= 4 is 46.3 Å². The maximum absolute atomic E-state index is 13.0. The fourth-order valence-corrected chi connectivity index (χ4v) is 2.29. The van der Waals surface area contributed by atoms with Crippen LogP contribution in [0.1, 0.15) is 0 Å². The van der Waals surface area contributed by atoms with E-state index in [1.54, 1.807) is 0 Å². The number of fused-ring (bicyclic) bond motifs is 1. The molecule has 108 valence electrons. The standard InChI is InChI=1S/C13H8Cl2FN3O2/c14-9-5-11-12(6-10(9)15)19(21)18(13(20)17-11)8-3-1-7(16)2-4-8/h1-6,21H,(H,17,20). The molecular formula is C13H8Cl2FN3O2. The van der Waals surface area contributed by atoms with Crippen molar-refractivity contribution < 1.29 is 14.4 Å². The number of amides is 2. The fourth-order valence-electron chi connectivity index (χ4n) is 1.97. The van der Waals surface area contributed by atoms with E-state index in [9.17, 15) is 14.4 Å². The minimum atomic E-state index is -0.616. The molecule has 0 atom stereocenters. The second-order valence-corrected chi connectivity index (χ2v) is 5.11. The van der Waals surface area contributed by atoms with E-state index in [4.69, 9.17) is 23.2 Å². The number of benzene rings is 2. The van der Waals surface area contributed by atoms with Crippen LogP contribution in [-0.2, 0) is 0 Å². The van der Waals surface area contributed by atoms with Gasteiger partial charge in [0.2, 0.25) is 0 Å². The van der Waals surface area contributed by atoms with Crippen molar-refractivity contribution in [2.45, 2.75) is 0 Å². The Labute approximate surface area is 129 Å². The van der Waals surface area contributed by atoms with Crippen LogP contribution in [0.5, 0.6) is 0 Å². The lowest BCUT2D eigenvalue weighted by molar-refractivity contribution is 0.221. The number of hydrazine groups is 1. The first-order valence-electron chi connectivity index (χ1n) is 5.82. The molecule has 0 unspecified atom stereocenters. The maximum Gasteiger partial charge on any atom is 0.347 e.